The molecule has 0 aliphatic carbocycles. The molecule has 2 N–H and O–H groups in total. The van der Waals surface area contributed by atoms with Gasteiger partial charge in [0.1, 0.15) is 0 Å². The molecule has 0 saturated heterocycles. The normalized spacial score (nSPS) is 12.8. The van der Waals surface area contributed by atoms with Crippen LogP contribution in [0.1, 0.15) is 44.4 Å². The Morgan fingerprint density at radius 1 is 0.645 bits per heavy atom. The fourth-order valence-electron chi connectivity index (χ4n) is 3.66. The zero-order valence-electron chi connectivity index (χ0n) is 18.5. The number of nitrogens with two attached hydrogens (primary N) is 1. The zero-order chi connectivity index (χ0) is 22.0. The molecular weight excluding hydrogens is 453 g/mol. The van der Waals surface area contributed by atoms with Gasteiger partial charge in [0, 0.05) is 34.4 Å². The smallest absolute Gasteiger partial charge is 0.218 e. The Balaban J connectivity index is 1.42. The van der Waals surface area contributed by atoms with E-state index in [-0.39, 0.29) is 11.0 Å². The van der Waals surface area contributed by atoms with Crippen LogP contribution in [0.15, 0.2) is 48.5 Å². The van der Waals surface area contributed by atoms with Gasteiger partial charge in [0.2, 0.25) is 7.28 Å². The Morgan fingerprint density at radius 3 is 1.97 bits per heavy atom. The fourth-order valence-corrected chi connectivity index (χ4v) is 8.15. The molecule has 0 spiro atoms. The van der Waals surface area contributed by atoms with Crippen LogP contribution >= 0.6 is 45.3 Å². The van der Waals surface area contributed by atoms with Crippen LogP contribution in [-0.2, 0) is 11.0 Å². The van der Waals surface area contributed by atoms with Crippen LogP contribution in [0.25, 0.3) is 29.9 Å². The first kappa shape index (κ1) is 21.4. The van der Waals surface area contributed by atoms with Gasteiger partial charge in [0.15, 0.2) is 0 Å². The lowest BCUT2D eigenvalue weighted by Gasteiger charge is -2.15. The molecule has 4 aromatic heterocycles. The number of hydrogen-bond acceptors (Lipinski definition) is 5. The van der Waals surface area contributed by atoms with E-state index in [1.54, 1.807) is 0 Å². The first-order valence-corrected chi connectivity index (χ1v) is 13.8. The van der Waals surface area contributed by atoms with E-state index in [1.807, 2.05) is 45.3 Å². The van der Waals surface area contributed by atoms with Crippen LogP contribution < -0.4 is 15.3 Å². The van der Waals surface area contributed by atoms with Gasteiger partial charge in [0.05, 0.1) is 0 Å². The van der Waals surface area contributed by atoms with Crippen LogP contribution in [0, 0.1) is 0 Å². The highest BCUT2D eigenvalue weighted by Crippen LogP contribution is 2.41. The van der Waals surface area contributed by atoms with E-state index in [9.17, 15) is 0 Å². The number of thiophene rings is 4. The van der Waals surface area contributed by atoms with Gasteiger partial charge in [-0.1, -0.05) is 32.9 Å². The molecule has 0 amide bonds. The molecule has 5 rings (SSSR count). The second-order valence-corrected chi connectivity index (χ2v) is 14.3. The summed E-state index contributed by atoms with van der Waals surface area (Å²) in [5.74, 6) is 0. The van der Waals surface area contributed by atoms with E-state index in [4.69, 9.17) is 5.73 Å². The maximum atomic E-state index is 6.25. The Morgan fingerprint density at radius 2 is 1.29 bits per heavy atom. The Labute approximate surface area is 200 Å². The molecule has 0 atom stereocenters. The monoisotopic (exact) mass is 479 g/mol. The lowest BCUT2D eigenvalue weighted by Crippen LogP contribution is -2.27. The summed E-state index contributed by atoms with van der Waals surface area (Å²) in [5.41, 5.74) is 6.20. The molecule has 0 aliphatic heterocycles. The van der Waals surface area contributed by atoms with Crippen LogP contribution in [0.2, 0.25) is 0 Å². The van der Waals surface area contributed by atoms with Gasteiger partial charge in [0.25, 0.3) is 0 Å². The predicted molar refractivity (Wildman–Crippen MR) is 147 cm³/mol. The van der Waals surface area contributed by atoms with Gasteiger partial charge < -0.3 is 5.73 Å². The molecule has 158 valence electrons. The summed E-state index contributed by atoms with van der Waals surface area (Å²) in [6, 6.07) is 18.5. The second kappa shape index (κ2) is 7.56. The summed E-state index contributed by atoms with van der Waals surface area (Å²) < 4.78 is 5.56. The summed E-state index contributed by atoms with van der Waals surface area (Å²) in [7, 11) is 0.988. The van der Waals surface area contributed by atoms with E-state index >= 15 is 0 Å². The minimum absolute atomic E-state index is 0.207. The summed E-state index contributed by atoms with van der Waals surface area (Å²) >= 11 is 7.59. The van der Waals surface area contributed by atoms with Crippen LogP contribution in [0.3, 0.4) is 0 Å². The van der Waals surface area contributed by atoms with Crippen molar-refractivity contribution in [3.8, 4) is 9.75 Å². The largest absolute Gasteiger partial charge is 0.321 e. The molecule has 0 unspecified atom stereocenters. The standard InChI is InChI=1S/C25H26BNS4/c1-24(2,3)21-13-15-11-17-14(10-18(15)29-21)12-19(28-17)16-6-8-22(30-16)26-23-9-7-20(31-23)25(4,5)27/h6-13,26H,27H2,1-5H3. The molecule has 0 saturated carbocycles. The highest BCUT2D eigenvalue weighted by atomic mass is 32.1. The van der Waals surface area contributed by atoms with Crippen molar-refractivity contribution in [3.63, 3.8) is 0 Å². The number of benzene rings is 1. The first-order chi connectivity index (χ1) is 14.6. The van der Waals surface area contributed by atoms with E-state index in [0.717, 1.165) is 7.28 Å². The summed E-state index contributed by atoms with van der Waals surface area (Å²) in [6.45, 7) is 11.0. The van der Waals surface area contributed by atoms with Crippen molar-refractivity contribution < 1.29 is 0 Å². The Hall–Kier alpha value is -1.44. The topological polar surface area (TPSA) is 26.0 Å². The average Bonchev–Trinajstić information content (AvgIpc) is 3.43. The third-order valence-corrected chi connectivity index (χ3v) is 10.8. The number of fused-ring (bicyclic) bond motifs is 2. The third-order valence-electron chi connectivity index (χ3n) is 5.44. The minimum atomic E-state index is -0.262. The second-order valence-electron chi connectivity index (χ2n) is 9.83. The van der Waals surface area contributed by atoms with Crippen LogP contribution in [0.5, 0.6) is 0 Å². The predicted octanol–water partition coefficient (Wildman–Crippen LogP) is 6.78. The van der Waals surface area contributed by atoms with Crippen molar-refractivity contribution in [1.82, 2.24) is 0 Å². The fraction of sp³-hybridized carbons (Fsp3) is 0.280. The van der Waals surface area contributed by atoms with Gasteiger partial charge in [-0.2, -0.15) is 11.3 Å². The lowest BCUT2D eigenvalue weighted by molar-refractivity contribution is 0.567. The number of rotatable bonds is 4. The minimum Gasteiger partial charge on any atom is -0.321 e. The van der Waals surface area contributed by atoms with Gasteiger partial charge in [-0.25, -0.2) is 0 Å². The van der Waals surface area contributed by atoms with Gasteiger partial charge in [-0.05, 0) is 76.0 Å². The molecule has 5 aromatic rings. The molecule has 0 fully saturated rings. The molecule has 6 heteroatoms. The van der Waals surface area contributed by atoms with E-state index in [1.165, 1.54) is 49.2 Å². The third kappa shape index (κ3) is 4.29. The molecular formula is C25H26BNS4. The maximum absolute atomic E-state index is 6.25. The Kier molecular flexibility index (Phi) is 5.23. The van der Waals surface area contributed by atoms with Gasteiger partial charge >= 0.3 is 0 Å². The molecule has 1 nitrogen and oxygen atoms in total. The highest BCUT2D eigenvalue weighted by Gasteiger charge is 2.19. The quantitative estimate of drug-likeness (QED) is 0.282. The molecule has 31 heavy (non-hydrogen) atoms. The molecule has 0 radical (unpaired) electrons. The maximum Gasteiger partial charge on any atom is 0.218 e. The van der Waals surface area contributed by atoms with Crippen molar-refractivity contribution in [3.05, 3.63) is 58.3 Å². The zero-order valence-corrected chi connectivity index (χ0v) is 21.8. The van der Waals surface area contributed by atoms with Crippen molar-refractivity contribution in [2.45, 2.75) is 45.6 Å². The molecule has 4 heterocycles. The van der Waals surface area contributed by atoms with Crippen LogP contribution in [0.4, 0.5) is 0 Å². The van der Waals surface area contributed by atoms with Crippen molar-refractivity contribution >= 4 is 82.4 Å². The highest BCUT2D eigenvalue weighted by molar-refractivity contribution is 7.32. The SMILES string of the molecule is CC(C)(C)c1cc2cc3sc(-c4ccc(Bc5ccc(C(C)(C)N)s5)s4)cc3cc2s1. The van der Waals surface area contributed by atoms with Gasteiger partial charge in [-0.15, -0.1) is 34.0 Å². The number of hydrogen-bond donors (Lipinski definition) is 1. The van der Waals surface area contributed by atoms with Crippen LogP contribution in [-0.4, -0.2) is 7.28 Å². The summed E-state index contributed by atoms with van der Waals surface area (Å²) in [4.78, 5) is 5.44. The van der Waals surface area contributed by atoms with Crippen molar-refractivity contribution in [2.24, 2.45) is 5.73 Å². The molecule has 0 aliphatic rings. The van der Waals surface area contributed by atoms with Gasteiger partial charge in [-0.3, -0.25) is 0 Å². The van der Waals surface area contributed by atoms with E-state index in [0.29, 0.717) is 0 Å². The van der Waals surface area contributed by atoms with E-state index in [2.05, 4.69) is 83.1 Å². The average molecular weight is 480 g/mol. The van der Waals surface area contributed by atoms with E-state index < -0.39 is 0 Å². The van der Waals surface area contributed by atoms with Crippen molar-refractivity contribution in [1.29, 1.82) is 0 Å². The molecule has 0 bridgehead atoms. The van der Waals surface area contributed by atoms with Crippen molar-refractivity contribution in [2.75, 3.05) is 0 Å². The molecule has 1 aromatic carbocycles. The Bertz CT molecular complexity index is 1330. The first-order valence-electron chi connectivity index (χ1n) is 10.5. The summed E-state index contributed by atoms with van der Waals surface area (Å²) in [5, 5.41) is 2.73. The lowest BCUT2D eigenvalue weighted by atomic mass is 9.75. The summed E-state index contributed by atoms with van der Waals surface area (Å²) in [6.07, 6.45) is 0.